The third-order valence-corrected chi connectivity index (χ3v) is 2.78. The van der Waals surface area contributed by atoms with Crippen LogP contribution >= 0.6 is 15.9 Å². The van der Waals surface area contributed by atoms with E-state index < -0.39 is 5.97 Å². The summed E-state index contributed by atoms with van der Waals surface area (Å²) >= 11 is 3.16. The van der Waals surface area contributed by atoms with E-state index in [0.717, 1.165) is 0 Å². The Bertz CT molecular complexity index is 431. The highest BCUT2D eigenvalue weighted by atomic mass is 79.9. The molecule has 2 N–H and O–H groups in total. The molecule has 0 spiro atoms. The quantitative estimate of drug-likeness (QED) is 0.762. The summed E-state index contributed by atoms with van der Waals surface area (Å²) in [6.45, 7) is 0. The van der Waals surface area contributed by atoms with Crippen LogP contribution in [0.15, 0.2) is 4.60 Å². The lowest BCUT2D eigenvalue weighted by molar-refractivity contribution is 0.0591. The minimum Gasteiger partial charge on any atom is -0.464 e. The predicted molar refractivity (Wildman–Crippen MR) is 53.6 cm³/mol. The van der Waals surface area contributed by atoms with Gasteiger partial charge in [0.2, 0.25) is 0 Å². The van der Waals surface area contributed by atoms with Gasteiger partial charge in [0.05, 0.1) is 12.8 Å². The fourth-order valence-electron chi connectivity index (χ4n) is 1.13. The molecule has 14 heavy (non-hydrogen) atoms. The van der Waals surface area contributed by atoms with Gasteiger partial charge in [-0.3, -0.25) is 0 Å². The number of methoxy groups -OCH3 is 1. The topological polar surface area (TPSA) is 81.0 Å². The Labute approximate surface area is 89.2 Å². The van der Waals surface area contributed by atoms with Crippen molar-refractivity contribution in [2.24, 2.45) is 7.05 Å². The molecule has 0 aromatic carbocycles. The molecular formula is C8H8BrN3O2. The minimum atomic E-state index is -0.563. The number of nitrogens with zero attached hydrogens (tertiary/aromatic N) is 2. The maximum absolute atomic E-state index is 11.3. The lowest BCUT2D eigenvalue weighted by Gasteiger charge is -2.01. The maximum Gasteiger partial charge on any atom is 0.356 e. The molecule has 0 fully saturated rings. The minimum absolute atomic E-state index is 0.133. The molecule has 0 bridgehead atoms. The molecule has 1 rings (SSSR count). The smallest absolute Gasteiger partial charge is 0.356 e. The molecule has 5 nitrogen and oxygen atoms in total. The monoisotopic (exact) mass is 257 g/mol. The molecule has 0 saturated heterocycles. The van der Waals surface area contributed by atoms with E-state index in [1.165, 1.54) is 11.7 Å². The fourth-order valence-corrected chi connectivity index (χ4v) is 1.61. The summed E-state index contributed by atoms with van der Waals surface area (Å²) in [7, 11) is 2.88. The number of hydrogen-bond acceptors (Lipinski definition) is 4. The molecule has 0 aliphatic carbocycles. The largest absolute Gasteiger partial charge is 0.464 e. The van der Waals surface area contributed by atoms with Gasteiger partial charge < -0.3 is 15.0 Å². The number of carbonyl (C=O) groups is 1. The Morgan fingerprint density at radius 2 is 2.29 bits per heavy atom. The van der Waals surface area contributed by atoms with Crippen molar-refractivity contribution >= 4 is 27.6 Å². The van der Waals surface area contributed by atoms with Crippen molar-refractivity contribution in [2.75, 3.05) is 12.8 Å². The van der Waals surface area contributed by atoms with Crippen LogP contribution in [0.5, 0.6) is 0 Å². The van der Waals surface area contributed by atoms with Crippen molar-refractivity contribution in [1.29, 1.82) is 5.26 Å². The van der Waals surface area contributed by atoms with Crippen molar-refractivity contribution in [3.63, 3.8) is 0 Å². The Morgan fingerprint density at radius 1 is 1.71 bits per heavy atom. The summed E-state index contributed by atoms with van der Waals surface area (Å²) in [5.41, 5.74) is 6.17. The van der Waals surface area contributed by atoms with Crippen molar-refractivity contribution in [3.8, 4) is 6.07 Å². The highest BCUT2D eigenvalue weighted by molar-refractivity contribution is 9.10. The third kappa shape index (κ3) is 1.36. The molecule has 0 saturated carbocycles. The Kier molecular flexibility index (Phi) is 2.81. The molecular weight excluding hydrogens is 250 g/mol. The zero-order valence-electron chi connectivity index (χ0n) is 7.67. The molecule has 0 amide bonds. The van der Waals surface area contributed by atoms with Gasteiger partial charge in [0.1, 0.15) is 16.2 Å². The Morgan fingerprint density at radius 3 is 2.64 bits per heavy atom. The summed E-state index contributed by atoms with van der Waals surface area (Å²) in [5, 5.41) is 8.77. The summed E-state index contributed by atoms with van der Waals surface area (Å²) < 4.78 is 6.48. The van der Waals surface area contributed by atoms with E-state index in [4.69, 9.17) is 11.0 Å². The number of nitriles is 1. The van der Waals surface area contributed by atoms with Gasteiger partial charge in [0.15, 0.2) is 5.69 Å². The zero-order chi connectivity index (χ0) is 10.9. The lowest BCUT2D eigenvalue weighted by Crippen LogP contribution is -2.09. The Balaban J connectivity index is 3.47. The first-order chi connectivity index (χ1) is 6.54. The summed E-state index contributed by atoms with van der Waals surface area (Å²) in [4.78, 5) is 11.3. The standard InChI is InChI=1S/C8H8BrN3O2/c1-12-6(8(13)14-2)5(11)4(3-10)7(12)9/h11H2,1-2H3. The van der Waals surface area contributed by atoms with E-state index in [0.29, 0.717) is 4.60 Å². The van der Waals surface area contributed by atoms with Gasteiger partial charge in [-0.2, -0.15) is 5.26 Å². The number of aromatic nitrogens is 1. The number of ether oxygens (including phenoxy) is 1. The van der Waals surface area contributed by atoms with Gasteiger partial charge in [-0.25, -0.2) is 4.79 Å². The van der Waals surface area contributed by atoms with Crippen LogP contribution in [0.25, 0.3) is 0 Å². The molecule has 74 valence electrons. The van der Waals surface area contributed by atoms with Crippen LogP contribution in [-0.2, 0) is 11.8 Å². The van der Waals surface area contributed by atoms with Crippen molar-refractivity contribution in [1.82, 2.24) is 4.57 Å². The van der Waals surface area contributed by atoms with E-state index in [2.05, 4.69) is 20.7 Å². The average Bonchev–Trinajstić information content (AvgIpc) is 2.38. The number of nitrogen functional groups attached to an aromatic ring is 1. The molecule has 6 heteroatoms. The normalized spacial score (nSPS) is 9.57. The number of halogens is 1. The second-order valence-electron chi connectivity index (χ2n) is 2.59. The second kappa shape index (κ2) is 3.72. The van der Waals surface area contributed by atoms with Crippen LogP contribution in [0.3, 0.4) is 0 Å². The molecule has 1 aromatic heterocycles. The van der Waals surface area contributed by atoms with Crippen molar-refractivity contribution in [3.05, 3.63) is 15.9 Å². The molecule has 0 unspecified atom stereocenters. The van der Waals surface area contributed by atoms with E-state index in [1.807, 2.05) is 6.07 Å². The van der Waals surface area contributed by atoms with Gasteiger partial charge >= 0.3 is 5.97 Å². The van der Waals surface area contributed by atoms with Crippen LogP contribution in [0.4, 0.5) is 5.69 Å². The molecule has 0 atom stereocenters. The molecule has 0 aliphatic rings. The summed E-state index contributed by atoms with van der Waals surface area (Å²) in [6, 6.07) is 1.90. The van der Waals surface area contributed by atoms with E-state index in [9.17, 15) is 4.79 Å². The van der Waals surface area contributed by atoms with Crippen molar-refractivity contribution < 1.29 is 9.53 Å². The Hall–Kier alpha value is -1.48. The average molecular weight is 258 g/mol. The van der Waals surface area contributed by atoms with Gasteiger partial charge in [-0.1, -0.05) is 0 Å². The third-order valence-electron chi connectivity index (χ3n) is 1.85. The number of rotatable bonds is 1. The summed E-state index contributed by atoms with van der Waals surface area (Å²) in [6.07, 6.45) is 0. The highest BCUT2D eigenvalue weighted by Crippen LogP contribution is 2.28. The number of carbonyl (C=O) groups excluding carboxylic acids is 1. The molecule has 0 radical (unpaired) electrons. The van der Waals surface area contributed by atoms with Gasteiger partial charge in [0, 0.05) is 7.05 Å². The number of nitrogens with two attached hydrogens (primary N) is 1. The number of esters is 1. The van der Waals surface area contributed by atoms with Crippen molar-refractivity contribution in [2.45, 2.75) is 0 Å². The first-order valence-electron chi connectivity index (χ1n) is 3.66. The van der Waals surface area contributed by atoms with Crippen LogP contribution in [0, 0.1) is 11.3 Å². The molecule has 1 aromatic rings. The predicted octanol–water partition coefficient (Wildman–Crippen LogP) is 1.03. The molecule has 1 heterocycles. The second-order valence-corrected chi connectivity index (χ2v) is 3.34. The van der Waals surface area contributed by atoms with Gasteiger partial charge in [-0.15, -0.1) is 0 Å². The van der Waals surface area contributed by atoms with Gasteiger partial charge in [-0.05, 0) is 15.9 Å². The zero-order valence-corrected chi connectivity index (χ0v) is 9.25. The first-order valence-corrected chi connectivity index (χ1v) is 4.46. The van der Waals surface area contributed by atoms with E-state index >= 15 is 0 Å². The van der Waals surface area contributed by atoms with E-state index in [1.54, 1.807) is 7.05 Å². The van der Waals surface area contributed by atoms with Crippen LogP contribution in [0.1, 0.15) is 16.1 Å². The van der Waals surface area contributed by atoms with Crippen LogP contribution < -0.4 is 5.73 Å². The van der Waals surface area contributed by atoms with Crippen LogP contribution in [-0.4, -0.2) is 17.6 Å². The number of anilines is 1. The number of hydrogen-bond donors (Lipinski definition) is 1. The van der Waals surface area contributed by atoms with Gasteiger partial charge in [0.25, 0.3) is 0 Å². The SMILES string of the molecule is COC(=O)c1c(N)c(C#N)c(Br)n1C. The maximum atomic E-state index is 11.3. The first kappa shape index (κ1) is 10.6. The summed E-state index contributed by atoms with van der Waals surface area (Å²) in [5.74, 6) is -0.563. The van der Waals surface area contributed by atoms with Crippen LogP contribution in [0.2, 0.25) is 0 Å². The highest BCUT2D eigenvalue weighted by Gasteiger charge is 2.22. The molecule has 0 aliphatic heterocycles. The lowest BCUT2D eigenvalue weighted by atomic mass is 10.3. The fraction of sp³-hybridized carbons (Fsp3) is 0.250. The van der Waals surface area contributed by atoms with E-state index in [-0.39, 0.29) is 16.9 Å².